The number of ether oxygens (including phenoxy) is 2. The minimum absolute atomic E-state index is 0.175. The summed E-state index contributed by atoms with van der Waals surface area (Å²) < 4.78 is 14.3. The van der Waals surface area contributed by atoms with E-state index in [2.05, 4.69) is 73.4 Å². The lowest BCUT2D eigenvalue weighted by molar-refractivity contribution is -0.182. The Morgan fingerprint density at radius 3 is 2.55 bits per heavy atom. The number of nitrogens with zero attached hydrogens (tertiary/aromatic N) is 2. The van der Waals surface area contributed by atoms with Crippen molar-refractivity contribution in [3.8, 4) is 0 Å². The van der Waals surface area contributed by atoms with Gasteiger partial charge in [-0.15, -0.1) is 0 Å². The van der Waals surface area contributed by atoms with E-state index in [9.17, 15) is 0 Å². The van der Waals surface area contributed by atoms with Crippen LogP contribution in [-0.2, 0) is 22.4 Å². The third-order valence-electron chi connectivity index (χ3n) is 5.96. The first-order valence-corrected chi connectivity index (χ1v) is 11.9. The van der Waals surface area contributed by atoms with Crippen molar-refractivity contribution < 1.29 is 9.47 Å². The Morgan fingerprint density at radius 2 is 1.85 bits per heavy atom. The number of rotatable bonds is 6. The van der Waals surface area contributed by atoms with Gasteiger partial charge in [0.1, 0.15) is 0 Å². The highest BCUT2D eigenvalue weighted by Gasteiger charge is 2.40. The van der Waals surface area contributed by atoms with Crippen molar-refractivity contribution in [3.63, 3.8) is 0 Å². The molecule has 0 aliphatic carbocycles. The topological polar surface area (TPSA) is 36.3 Å². The smallest absolute Gasteiger partial charge is 0.187 e. The SMILES string of the molecule is CCC1CO[C@](CCc2ccc(Cl)cc2)(Cn2ccnc2)O1.Cc1ccc2ccccc2c1. The highest BCUT2D eigenvalue weighted by atomic mass is 35.5. The molecule has 0 spiro atoms. The van der Waals surface area contributed by atoms with Crippen LogP contribution in [0.1, 0.15) is 30.9 Å². The maximum atomic E-state index is 6.22. The number of imidazole rings is 1. The van der Waals surface area contributed by atoms with Gasteiger partial charge in [-0.05, 0) is 48.2 Å². The summed E-state index contributed by atoms with van der Waals surface area (Å²) in [5.74, 6) is -0.568. The summed E-state index contributed by atoms with van der Waals surface area (Å²) in [5.41, 5.74) is 2.56. The standard InChI is InChI=1S/C17H21ClN2O2.C11H10/c1-2-16-11-21-17(22-16,12-20-10-9-19-13-20)8-7-14-3-5-15(18)6-4-14;1-9-6-7-10-4-2-3-5-11(10)8-9/h3-6,9-10,13,16H,2,7-8,11-12H2,1H3;2-8H,1H3/t16?,17-;/m0./s1. The van der Waals surface area contributed by atoms with E-state index in [0.717, 1.165) is 24.3 Å². The molecule has 1 fully saturated rings. The molecule has 1 aliphatic rings. The van der Waals surface area contributed by atoms with E-state index in [1.54, 1.807) is 12.5 Å². The van der Waals surface area contributed by atoms with Crippen LogP contribution in [0.25, 0.3) is 10.8 Å². The summed E-state index contributed by atoms with van der Waals surface area (Å²) in [7, 11) is 0. The number of hydrogen-bond acceptors (Lipinski definition) is 3. The van der Waals surface area contributed by atoms with Crippen LogP contribution in [0.2, 0.25) is 5.02 Å². The van der Waals surface area contributed by atoms with Crippen LogP contribution in [0.15, 0.2) is 85.5 Å². The molecule has 1 aliphatic heterocycles. The molecule has 1 aromatic heterocycles. The lowest BCUT2D eigenvalue weighted by atomic mass is 10.0. The van der Waals surface area contributed by atoms with E-state index in [1.807, 2.05) is 22.9 Å². The van der Waals surface area contributed by atoms with Crippen molar-refractivity contribution >= 4 is 22.4 Å². The summed E-state index contributed by atoms with van der Waals surface area (Å²) in [4.78, 5) is 4.10. The molecular weight excluding hydrogens is 432 g/mol. The number of hydrogen-bond donors (Lipinski definition) is 0. The highest BCUT2D eigenvalue weighted by Crippen LogP contribution is 2.32. The van der Waals surface area contributed by atoms with Gasteiger partial charge in [0.05, 0.1) is 25.6 Å². The van der Waals surface area contributed by atoms with E-state index >= 15 is 0 Å². The zero-order valence-electron chi connectivity index (χ0n) is 19.3. The maximum Gasteiger partial charge on any atom is 0.187 e. The first kappa shape index (κ1) is 23.5. The number of aromatic nitrogens is 2. The van der Waals surface area contributed by atoms with Gasteiger partial charge in [-0.1, -0.05) is 78.7 Å². The summed E-state index contributed by atoms with van der Waals surface area (Å²) >= 11 is 5.94. The van der Waals surface area contributed by atoms with Gasteiger partial charge < -0.3 is 14.0 Å². The zero-order valence-corrected chi connectivity index (χ0v) is 20.0. The largest absolute Gasteiger partial charge is 0.345 e. The molecule has 0 amide bonds. The second kappa shape index (κ2) is 11.0. The highest BCUT2D eigenvalue weighted by molar-refractivity contribution is 6.30. The molecule has 0 radical (unpaired) electrons. The summed E-state index contributed by atoms with van der Waals surface area (Å²) in [6.45, 7) is 5.57. The number of benzene rings is 3. The summed E-state index contributed by atoms with van der Waals surface area (Å²) in [5, 5.41) is 3.40. The molecule has 5 rings (SSSR count). The van der Waals surface area contributed by atoms with Gasteiger partial charge in [-0.3, -0.25) is 0 Å². The van der Waals surface area contributed by atoms with E-state index in [0.29, 0.717) is 13.2 Å². The van der Waals surface area contributed by atoms with Gasteiger partial charge >= 0.3 is 0 Å². The number of fused-ring (bicyclic) bond motifs is 1. The molecule has 0 saturated carbocycles. The second-order valence-electron chi connectivity index (χ2n) is 8.58. The molecule has 2 atom stereocenters. The summed E-state index contributed by atoms with van der Waals surface area (Å²) in [6.07, 6.45) is 8.36. The molecule has 0 bridgehead atoms. The van der Waals surface area contributed by atoms with Crippen LogP contribution in [0.5, 0.6) is 0 Å². The van der Waals surface area contributed by atoms with Gasteiger partial charge in [0.2, 0.25) is 0 Å². The molecule has 5 heteroatoms. The Bertz CT molecular complexity index is 1140. The third-order valence-corrected chi connectivity index (χ3v) is 6.22. The van der Waals surface area contributed by atoms with E-state index in [-0.39, 0.29) is 6.10 Å². The van der Waals surface area contributed by atoms with Crippen LogP contribution >= 0.6 is 11.6 Å². The average Bonchev–Trinajstić information content (AvgIpc) is 3.49. The Kier molecular flexibility index (Phi) is 7.81. The molecule has 2 heterocycles. The van der Waals surface area contributed by atoms with Gasteiger partial charge in [0, 0.05) is 23.8 Å². The molecule has 3 aromatic carbocycles. The molecule has 1 unspecified atom stereocenters. The van der Waals surface area contributed by atoms with Crippen molar-refractivity contribution in [1.29, 1.82) is 0 Å². The molecule has 1 saturated heterocycles. The van der Waals surface area contributed by atoms with Gasteiger partial charge in [-0.2, -0.15) is 0 Å². The maximum absolute atomic E-state index is 6.22. The molecule has 0 N–H and O–H groups in total. The summed E-state index contributed by atoms with van der Waals surface area (Å²) in [6, 6.07) is 22.9. The third kappa shape index (κ3) is 6.44. The normalized spacial score (nSPS) is 19.9. The Labute approximate surface area is 201 Å². The predicted molar refractivity (Wildman–Crippen MR) is 135 cm³/mol. The van der Waals surface area contributed by atoms with Crippen LogP contribution in [0.4, 0.5) is 0 Å². The molecule has 4 nitrogen and oxygen atoms in total. The van der Waals surface area contributed by atoms with Crippen LogP contribution in [0, 0.1) is 6.92 Å². The Morgan fingerprint density at radius 1 is 1.06 bits per heavy atom. The average molecular weight is 463 g/mol. The molecule has 4 aromatic rings. The van der Waals surface area contributed by atoms with Gasteiger partial charge in [0.15, 0.2) is 5.79 Å². The number of halogens is 1. The van der Waals surface area contributed by atoms with Crippen molar-refractivity contribution in [1.82, 2.24) is 9.55 Å². The molecule has 33 heavy (non-hydrogen) atoms. The van der Waals surface area contributed by atoms with E-state index < -0.39 is 5.79 Å². The predicted octanol–water partition coefficient (Wildman–Crippen LogP) is 6.84. The fourth-order valence-corrected chi connectivity index (χ4v) is 4.19. The minimum Gasteiger partial charge on any atom is -0.345 e. The van der Waals surface area contributed by atoms with Crippen LogP contribution in [0.3, 0.4) is 0 Å². The fraction of sp³-hybridized carbons (Fsp3) is 0.321. The first-order valence-electron chi connectivity index (χ1n) is 11.5. The lowest BCUT2D eigenvalue weighted by Crippen LogP contribution is -2.36. The van der Waals surface area contributed by atoms with E-state index in [4.69, 9.17) is 21.1 Å². The van der Waals surface area contributed by atoms with Gasteiger partial charge in [0.25, 0.3) is 0 Å². The Balaban J connectivity index is 0.000000196. The van der Waals surface area contributed by atoms with E-state index in [1.165, 1.54) is 21.9 Å². The first-order chi connectivity index (χ1) is 16.0. The fourth-order valence-electron chi connectivity index (χ4n) is 4.06. The van der Waals surface area contributed by atoms with Crippen molar-refractivity contribution in [2.75, 3.05) is 6.61 Å². The number of aryl methyl sites for hydroxylation is 2. The van der Waals surface area contributed by atoms with Crippen LogP contribution in [-0.4, -0.2) is 28.0 Å². The lowest BCUT2D eigenvalue weighted by Gasteiger charge is -2.28. The van der Waals surface area contributed by atoms with Crippen molar-refractivity contribution in [3.05, 3.63) is 102 Å². The van der Waals surface area contributed by atoms with Crippen molar-refractivity contribution in [2.45, 2.75) is 51.5 Å². The monoisotopic (exact) mass is 462 g/mol. The zero-order chi connectivity index (χ0) is 23.1. The second-order valence-corrected chi connectivity index (χ2v) is 9.02. The molecular formula is C28H31ClN2O2. The molecule has 172 valence electrons. The van der Waals surface area contributed by atoms with Crippen LogP contribution < -0.4 is 0 Å². The van der Waals surface area contributed by atoms with Crippen molar-refractivity contribution in [2.24, 2.45) is 0 Å². The van der Waals surface area contributed by atoms with Gasteiger partial charge in [-0.25, -0.2) is 4.98 Å². The Hall–Kier alpha value is -2.66. The minimum atomic E-state index is -0.568. The quantitative estimate of drug-likeness (QED) is 0.314.